The SMILES string of the molecule is O=C1c2c(c3c4ccc(O)cc4n(C4OC(CO)C(O)C(O)C4O)c3c3[nH]c4cc(O)ccc4c23)C(=O)N1NCc1cnccn1. The van der Waals surface area contributed by atoms with Crippen LogP contribution in [0.1, 0.15) is 32.6 Å². The van der Waals surface area contributed by atoms with E-state index in [1.165, 1.54) is 47.4 Å². The summed E-state index contributed by atoms with van der Waals surface area (Å²) in [5.74, 6) is -1.53. The number of nitrogens with zero attached hydrogens (tertiary/aromatic N) is 4. The van der Waals surface area contributed by atoms with E-state index >= 15 is 0 Å². The molecule has 15 nitrogen and oxygen atoms in total. The van der Waals surface area contributed by atoms with Crippen LogP contribution in [-0.2, 0) is 11.3 Å². The van der Waals surface area contributed by atoms with Crippen LogP contribution >= 0.6 is 0 Å². The summed E-state index contributed by atoms with van der Waals surface area (Å²) in [7, 11) is 0. The lowest BCUT2D eigenvalue weighted by molar-refractivity contribution is -0.249. The van der Waals surface area contributed by atoms with Gasteiger partial charge < -0.3 is 44.9 Å². The van der Waals surface area contributed by atoms with Crippen LogP contribution in [0.15, 0.2) is 55.0 Å². The summed E-state index contributed by atoms with van der Waals surface area (Å²) in [4.78, 5) is 39.9. The van der Waals surface area contributed by atoms with Gasteiger partial charge in [-0.1, -0.05) is 0 Å². The second kappa shape index (κ2) is 10.2. The van der Waals surface area contributed by atoms with E-state index in [1.54, 1.807) is 12.1 Å². The Balaban J connectivity index is 1.47. The zero-order chi connectivity index (χ0) is 32.0. The second-order valence-electron chi connectivity index (χ2n) is 11.3. The number of aliphatic hydroxyl groups is 4. The molecule has 0 aliphatic carbocycles. The molecule has 6 aromatic rings. The van der Waals surface area contributed by atoms with E-state index in [-0.39, 0.29) is 45.6 Å². The third-order valence-corrected chi connectivity index (χ3v) is 8.75. The molecule has 5 atom stereocenters. The van der Waals surface area contributed by atoms with Gasteiger partial charge in [0.05, 0.1) is 52.0 Å². The number of hydrazine groups is 1. The van der Waals surface area contributed by atoms with E-state index in [4.69, 9.17) is 4.74 Å². The highest BCUT2D eigenvalue weighted by molar-refractivity contribution is 6.39. The minimum Gasteiger partial charge on any atom is -0.508 e. The maximum Gasteiger partial charge on any atom is 0.276 e. The number of ether oxygens (including phenoxy) is 1. The predicted octanol–water partition coefficient (Wildman–Crippen LogP) is 0.903. The van der Waals surface area contributed by atoms with Crippen LogP contribution in [0.5, 0.6) is 11.5 Å². The van der Waals surface area contributed by atoms with Gasteiger partial charge in [0.25, 0.3) is 11.8 Å². The number of phenols is 2. The molecule has 5 unspecified atom stereocenters. The minimum absolute atomic E-state index is 0.00779. The largest absolute Gasteiger partial charge is 0.508 e. The van der Waals surface area contributed by atoms with Gasteiger partial charge in [-0.2, -0.15) is 0 Å². The smallest absolute Gasteiger partial charge is 0.276 e. The third kappa shape index (κ3) is 3.87. The number of aromatic hydroxyl groups is 2. The number of carbonyl (C=O) groups excluding carboxylic acids is 2. The number of aromatic nitrogens is 4. The topological polar surface area (TPSA) is 227 Å². The van der Waals surface area contributed by atoms with E-state index in [0.717, 1.165) is 5.01 Å². The van der Waals surface area contributed by atoms with Gasteiger partial charge in [-0.3, -0.25) is 19.6 Å². The monoisotopic (exact) mass is 626 g/mol. The maximum absolute atomic E-state index is 14.3. The van der Waals surface area contributed by atoms with Gasteiger partial charge in [0.2, 0.25) is 0 Å². The number of phenolic OH excluding ortho intramolecular Hbond substituents is 2. The molecule has 0 saturated carbocycles. The number of aromatic amines is 1. The fourth-order valence-electron chi connectivity index (χ4n) is 6.70. The van der Waals surface area contributed by atoms with Gasteiger partial charge in [-0.05, 0) is 24.3 Å². The second-order valence-corrected chi connectivity index (χ2v) is 11.3. The number of benzene rings is 3. The molecule has 5 heterocycles. The number of amides is 2. The normalized spacial score (nSPS) is 23.4. The number of hydrogen-bond donors (Lipinski definition) is 8. The van der Waals surface area contributed by atoms with Crippen LogP contribution in [0.4, 0.5) is 0 Å². The number of fused-ring (bicyclic) bond motifs is 10. The summed E-state index contributed by atoms with van der Waals surface area (Å²) in [6, 6.07) is 8.87. The number of nitrogens with one attached hydrogen (secondary N) is 2. The van der Waals surface area contributed by atoms with Gasteiger partial charge in [0, 0.05) is 52.3 Å². The number of hydrogen-bond acceptors (Lipinski definition) is 12. The zero-order valence-electron chi connectivity index (χ0n) is 23.7. The molecule has 3 aromatic heterocycles. The molecule has 0 spiro atoms. The molecule has 2 aliphatic heterocycles. The van der Waals surface area contributed by atoms with Crippen molar-refractivity contribution in [2.45, 2.75) is 37.2 Å². The maximum atomic E-state index is 14.3. The summed E-state index contributed by atoms with van der Waals surface area (Å²) in [6.07, 6.45) is -3.31. The Morgan fingerprint density at radius 2 is 1.61 bits per heavy atom. The molecule has 2 amide bonds. The van der Waals surface area contributed by atoms with Crippen molar-refractivity contribution < 1.29 is 45.0 Å². The first-order valence-electron chi connectivity index (χ1n) is 14.3. The number of H-pyrrole nitrogens is 1. The summed E-state index contributed by atoms with van der Waals surface area (Å²) >= 11 is 0. The molecule has 8 N–H and O–H groups in total. The Morgan fingerprint density at radius 3 is 2.33 bits per heavy atom. The van der Waals surface area contributed by atoms with Crippen molar-refractivity contribution in [1.82, 2.24) is 30.0 Å². The van der Waals surface area contributed by atoms with Gasteiger partial charge in [-0.25, -0.2) is 10.4 Å². The van der Waals surface area contributed by atoms with Crippen LogP contribution in [-0.4, -0.2) is 98.0 Å². The van der Waals surface area contributed by atoms with Gasteiger partial charge in [-0.15, -0.1) is 0 Å². The lowest BCUT2D eigenvalue weighted by atomic mass is 9.96. The Hall–Kier alpha value is -5.16. The molecule has 2 aliphatic rings. The lowest BCUT2D eigenvalue weighted by Crippen LogP contribution is -2.56. The lowest BCUT2D eigenvalue weighted by Gasteiger charge is -2.41. The van der Waals surface area contributed by atoms with E-state index in [0.29, 0.717) is 32.9 Å². The standard InChI is InChI=1S/C31H26N6O9/c38-11-19-26(41)27(42)28(43)31(46-19)36-18-8-14(40)2-4-16(18)21-23-22(20-15-3-1-13(39)7-17(15)35-24(20)25(21)36)29(44)37(30(23)45)34-10-12-9-32-5-6-33-12/h1-9,19,26-28,31,34-35,38-43H,10-11H2. The van der Waals surface area contributed by atoms with E-state index in [9.17, 15) is 40.2 Å². The summed E-state index contributed by atoms with van der Waals surface area (Å²) in [5, 5.41) is 65.7. The molecule has 8 rings (SSSR count). The zero-order valence-corrected chi connectivity index (χ0v) is 23.7. The van der Waals surface area contributed by atoms with Crippen LogP contribution in [0.2, 0.25) is 0 Å². The van der Waals surface area contributed by atoms with Crippen LogP contribution in [0, 0.1) is 0 Å². The van der Waals surface area contributed by atoms with Crippen molar-refractivity contribution in [3.63, 3.8) is 0 Å². The summed E-state index contributed by atoms with van der Waals surface area (Å²) in [6.45, 7) is -0.673. The van der Waals surface area contributed by atoms with Crippen LogP contribution in [0.25, 0.3) is 43.6 Å². The Morgan fingerprint density at radius 1 is 0.891 bits per heavy atom. The van der Waals surface area contributed by atoms with E-state index in [1.807, 2.05) is 0 Å². The van der Waals surface area contributed by atoms with Crippen molar-refractivity contribution in [3.05, 3.63) is 71.8 Å². The first-order chi connectivity index (χ1) is 22.2. The average molecular weight is 627 g/mol. The summed E-state index contributed by atoms with van der Waals surface area (Å²) in [5.41, 5.74) is 4.76. The number of aliphatic hydroxyl groups excluding tert-OH is 4. The third-order valence-electron chi connectivity index (χ3n) is 8.75. The number of carbonyl (C=O) groups is 2. The van der Waals surface area contributed by atoms with Gasteiger partial charge in [0.15, 0.2) is 6.23 Å². The van der Waals surface area contributed by atoms with Crippen molar-refractivity contribution in [2.24, 2.45) is 0 Å². The highest BCUT2D eigenvalue weighted by Crippen LogP contribution is 2.47. The average Bonchev–Trinajstić information content (AvgIpc) is 3.66. The van der Waals surface area contributed by atoms with E-state index in [2.05, 4.69) is 20.4 Å². The Kier molecular flexibility index (Phi) is 6.27. The molecule has 15 heteroatoms. The molecule has 1 fully saturated rings. The van der Waals surface area contributed by atoms with E-state index < -0.39 is 49.1 Å². The van der Waals surface area contributed by atoms with Crippen LogP contribution < -0.4 is 5.43 Å². The van der Waals surface area contributed by atoms with Gasteiger partial charge in [0.1, 0.15) is 35.9 Å². The van der Waals surface area contributed by atoms with Crippen molar-refractivity contribution >= 4 is 55.4 Å². The first kappa shape index (κ1) is 28.3. The van der Waals surface area contributed by atoms with Crippen molar-refractivity contribution in [3.8, 4) is 11.5 Å². The minimum atomic E-state index is -1.73. The predicted molar refractivity (Wildman–Crippen MR) is 161 cm³/mol. The van der Waals surface area contributed by atoms with Crippen LogP contribution in [0.3, 0.4) is 0 Å². The number of rotatable bonds is 5. The Labute approximate surface area is 257 Å². The number of imide groups is 1. The molecule has 46 heavy (non-hydrogen) atoms. The molecule has 1 saturated heterocycles. The molecule has 234 valence electrons. The summed E-state index contributed by atoms with van der Waals surface area (Å²) < 4.78 is 7.45. The highest BCUT2D eigenvalue weighted by Gasteiger charge is 2.47. The first-order valence-corrected chi connectivity index (χ1v) is 14.3. The molecule has 0 bridgehead atoms. The fraction of sp³-hybridized carbons (Fsp3) is 0.226. The highest BCUT2D eigenvalue weighted by atomic mass is 16.6. The molecule has 3 aromatic carbocycles. The van der Waals surface area contributed by atoms with Crippen molar-refractivity contribution in [1.29, 1.82) is 0 Å². The molecular weight excluding hydrogens is 600 g/mol. The van der Waals surface area contributed by atoms with Gasteiger partial charge >= 0.3 is 0 Å². The quantitative estimate of drug-likeness (QED) is 0.125. The van der Waals surface area contributed by atoms with Crippen molar-refractivity contribution in [2.75, 3.05) is 6.61 Å². The molecule has 0 radical (unpaired) electrons. The Bertz CT molecular complexity index is 2230. The molecular formula is C31H26N6O9. The fourth-order valence-corrected chi connectivity index (χ4v) is 6.70.